The van der Waals surface area contributed by atoms with Crippen LogP contribution in [-0.4, -0.2) is 28.9 Å². The van der Waals surface area contributed by atoms with Crippen molar-refractivity contribution in [1.82, 2.24) is 15.0 Å². The number of alkyl halides is 3. The minimum absolute atomic E-state index is 0.0767. The van der Waals surface area contributed by atoms with Gasteiger partial charge >= 0.3 is 15.6 Å². The predicted molar refractivity (Wildman–Crippen MR) is 48.5 cm³/mol. The molecule has 0 unspecified atom stereocenters. The van der Waals surface area contributed by atoms with E-state index in [0.717, 1.165) is 4.68 Å². The summed E-state index contributed by atoms with van der Waals surface area (Å²) in [4.78, 5) is 0. The molecule has 1 rings (SSSR count). The molecule has 0 amide bonds. The van der Waals surface area contributed by atoms with Crippen LogP contribution in [0.2, 0.25) is 0 Å². The van der Waals surface area contributed by atoms with Crippen molar-refractivity contribution >= 4 is 26.0 Å². The third kappa shape index (κ3) is 2.71. The summed E-state index contributed by atoms with van der Waals surface area (Å²) in [6.07, 6.45) is 0. The maximum Gasteiger partial charge on any atom is 0.523 e. The van der Waals surface area contributed by atoms with E-state index in [9.17, 15) is 21.6 Å². The monoisotopic (exact) mass is 323 g/mol. The normalized spacial score (nSPS) is 13.1. The van der Waals surface area contributed by atoms with Gasteiger partial charge in [0.1, 0.15) is 12.3 Å². The summed E-state index contributed by atoms with van der Waals surface area (Å²) in [6.45, 7) is -0.800. The highest BCUT2D eigenvalue weighted by Gasteiger charge is 2.47. The minimum Gasteiger partial charge on any atom is -0.257 e. The van der Waals surface area contributed by atoms with Crippen LogP contribution >= 0.6 is 15.9 Å². The first-order valence-corrected chi connectivity index (χ1v) is 5.85. The average Bonchev–Trinajstić information content (AvgIpc) is 2.42. The third-order valence-corrected chi connectivity index (χ3v) is 3.14. The maximum absolute atomic E-state index is 11.9. The lowest BCUT2D eigenvalue weighted by Crippen LogP contribution is -2.25. The van der Waals surface area contributed by atoms with E-state index in [0.29, 0.717) is 0 Å². The summed E-state index contributed by atoms with van der Waals surface area (Å²) >= 11 is 2.88. The smallest absolute Gasteiger partial charge is 0.257 e. The van der Waals surface area contributed by atoms with Crippen LogP contribution in [0.15, 0.2) is 4.60 Å². The van der Waals surface area contributed by atoms with Crippen LogP contribution in [0.3, 0.4) is 0 Å². The lowest BCUT2D eigenvalue weighted by Gasteiger charge is -2.07. The minimum atomic E-state index is -5.60. The SMILES string of the molecule is Cn1nnc(Br)c1COS(=O)(=O)C(F)(F)F. The van der Waals surface area contributed by atoms with Gasteiger partial charge in [0.2, 0.25) is 0 Å². The van der Waals surface area contributed by atoms with E-state index in [1.165, 1.54) is 7.05 Å². The number of hydrogen-bond acceptors (Lipinski definition) is 5. The molecule has 0 spiro atoms. The Kier molecular flexibility index (Phi) is 3.59. The molecule has 0 fully saturated rings. The Bertz CT molecular complexity index is 463. The fourth-order valence-electron chi connectivity index (χ4n) is 0.705. The molecule has 0 aliphatic heterocycles. The van der Waals surface area contributed by atoms with Crippen molar-refractivity contribution in [3.63, 3.8) is 0 Å². The lowest BCUT2D eigenvalue weighted by atomic mass is 10.5. The van der Waals surface area contributed by atoms with Gasteiger partial charge in [-0.2, -0.15) is 21.6 Å². The molecular weight excluding hydrogens is 319 g/mol. The number of aryl methyl sites for hydroxylation is 1. The van der Waals surface area contributed by atoms with Gasteiger partial charge in [0.25, 0.3) is 0 Å². The Morgan fingerprint density at radius 3 is 2.44 bits per heavy atom. The van der Waals surface area contributed by atoms with Gasteiger partial charge in [-0.3, -0.25) is 4.18 Å². The van der Waals surface area contributed by atoms with Crippen LogP contribution in [0.25, 0.3) is 0 Å². The van der Waals surface area contributed by atoms with E-state index in [4.69, 9.17) is 0 Å². The molecule has 11 heteroatoms. The highest BCUT2D eigenvalue weighted by Crippen LogP contribution is 2.26. The Morgan fingerprint density at radius 2 is 2.06 bits per heavy atom. The van der Waals surface area contributed by atoms with Gasteiger partial charge in [-0.05, 0) is 15.9 Å². The van der Waals surface area contributed by atoms with E-state index in [1.807, 2.05) is 0 Å². The number of nitrogens with zero attached hydrogens (tertiary/aromatic N) is 3. The van der Waals surface area contributed by atoms with Crippen LogP contribution in [0.5, 0.6) is 0 Å². The second-order valence-electron chi connectivity index (χ2n) is 2.61. The van der Waals surface area contributed by atoms with Crippen LogP contribution in [0, 0.1) is 0 Å². The zero-order chi connectivity index (χ0) is 12.6. The molecule has 0 aliphatic carbocycles. The zero-order valence-electron chi connectivity index (χ0n) is 7.69. The molecule has 0 atom stereocenters. The maximum atomic E-state index is 11.9. The Hall–Kier alpha value is -0.680. The fraction of sp³-hybridized carbons (Fsp3) is 0.600. The van der Waals surface area contributed by atoms with Gasteiger partial charge in [-0.1, -0.05) is 5.21 Å². The van der Waals surface area contributed by atoms with Crippen molar-refractivity contribution in [1.29, 1.82) is 0 Å². The van der Waals surface area contributed by atoms with Gasteiger partial charge in [0, 0.05) is 7.05 Å². The van der Waals surface area contributed by atoms with Crippen LogP contribution in [-0.2, 0) is 28.0 Å². The number of rotatable bonds is 3. The Balaban J connectivity index is 2.81. The molecule has 0 saturated carbocycles. The second kappa shape index (κ2) is 4.30. The first-order chi connectivity index (χ1) is 7.15. The molecule has 6 nitrogen and oxygen atoms in total. The third-order valence-electron chi connectivity index (χ3n) is 1.53. The van der Waals surface area contributed by atoms with Gasteiger partial charge < -0.3 is 0 Å². The molecule has 0 bridgehead atoms. The van der Waals surface area contributed by atoms with Crippen molar-refractivity contribution in [2.24, 2.45) is 7.05 Å². The van der Waals surface area contributed by atoms with E-state index >= 15 is 0 Å². The Labute approximate surface area is 96.6 Å². The molecule has 0 radical (unpaired) electrons. The quantitative estimate of drug-likeness (QED) is 0.611. The average molecular weight is 324 g/mol. The topological polar surface area (TPSA) is 74.1 Å². The van der Waals surface area contributed by atoms with Crippen molar-refractivity contribution in [3.05, 3.63) is 10.3 Å². The molecule has 92 valence electrons. The Morgan fingerprint density at radius 1 is 1.50 bits per heavy atom. The van der Waals surface area contributed by atoms with Crippen molar-refractivity contribution in [3.8, 4) is 0 Å². The molecule has 16 heavy (non-hydrogen) atoms. The molecule has 1 aromatic heterocycles. The first-order valence-electron chi connectivity index (χ1n) is 3.65. The fourth-order valence-corrected chi connectivity index (χ4v) is 1.55. The molecule has 0 aromatic carbocycles. The van der Waals surface area contributed by atoms with E-state index in [1.54, 1.807) is 0 Å². The number of halogens is 4. The van der Waals surface area contributed by atoms with Gasteiger partial charge in [-0.25, -0.2) is 4.68 Å². The summed E-state index contributed by atoms with van der Waals surface area (Å²) in [5, 5.41) is 6.90. The summed E-state index contributed by atoms with van der Waals surface area (Å²) in [7, 11) is -4.21. The predicted octanol–water partition coefficient (Wildman–Crippen LogP) is 0.944. The van der Waals surface area contributed by atoms with Gasteiger partial charge in [0.05, 0.1) is 0 Å². The number of hydrogen-bond donors (Lipinski definition) is 0. The highest BCUT2D eigenvalue weighted by molar-refractivity contribution is 9.10. The van der Waals surface area contributed by atoms with Crippen molar-refractivity contribution < 1.29 is 25.8 Å². The van der Waals surface area contributed by atoms with E-state index < -0.39 is 22.2 Å². The largest absolute Gasteiger partial charge is 0.523 e. The molecule has 1 aromatic rings. The van der Waals surface area contributed by atoms with Crippen LogP contribution < -0.4 is 0 Å². The zero-order valence-corrected chi connectivity index (χ0v) is 10.1. The lowest BCUT2D eigenvalue weighted by molar-refractivity contribution is -0.0549. The van der Waals surface area contributed by atoms with Gasteiger partial charge in [0.15, 0.2) is 4.60 Å². The first kappa shape index (κ1) is 13.4. The molecule has 0 N–H and O–H groups in total. The van der Waals surface area contributed by atoms with Crippen LogP contribution in [0.4, 0.5) is 13.2 Å². The van der Waals surface area contributed by atoms with E-state index in [-0.39, 0.29) is 10.3 Å². The summed E-state index contributed by atoms with van der Waals surface area (Å²) in [5.41, 5.74) is -5.36. The molecule has 0 aliphatic rings. The highest BCUT2D eigenvalue weighted by atomic mass is 79.9. The molecular formula is C5H5BrF3N3O3S. The van der Waals surface area contributed by atoms with E-state index in [2.05, 4.69) is 30.4 Å². The van der Waals surface area contributed by atoms with Gasteiger partial charge in [-0.15, -0.1) is 5.10 Å². The molecule has 1 heterocycles. The summed E-state index contributed by atoms with van der Waals surface area (Å²) in [6, 6.07) is 0. The van der Waals surface area contributed by atoms with Crippen LogP contribution in [0.1, 0.15) is 5.69 Å². The number of aromatic nitrogens is 3. The molecule has 0 saturated heterocycles. The van der Waals surface area contributed by atoms with Crippen molar-refractivity contribution in [2.75, 3.05) is 0 Å². The van der Waals surface area contributed by atoms with Crippen molar-refractivity contribution in [2.45, 2.75) is 12.1 Å². The summed E-state index contributed by atoms with van der Waals surface area (Å²) < 4.78 is 61.8. The summed E-state index contributed by atoms with van der Waals surface area (Å²) in [5.74, 6) is 0. The standard InChI is InChI=1S/C5H5BrF3N3O3S/c1-12-3(4(6)10-11-12)2-15-16(13,14)5(7,8)9/h2H2,1H3. The second-order valence-corrected chi connectivity index (χ2v) is 4.97.